The van der Waals surface area contributed by atoms with Gasteiger partial charge in [-0.3, -0.25) is 4.79 Å². The standard InChI is InChI=1S/C15H14O3S/c1-10-7-8-19-15(10)6-5-12(16)11-3-4-13(17)14(9-11)18-2/h3-9,17H,1-2H3. The number of benzene rings is 1. The summed E-state index contributed by atoms with van der Waals surface area (Å²) in [5, 5.41) is 11.5. The number of hydrogen-bond acceptors (Lipinski definition) is 4. The summed E-state index contributed by atoms with van der Waals surface area (Å²) in [6.07, 6.45) is 3.34. The first-order chi connectivity index (χ1) is 9.11. The second-order valence-electron chi connectivity index (χ2n) is 4.05. The molecule has 4 heteroatoms. The predicted octanol–water partition coefficient (Wildman–Crippen LogP) is 3.67. The molecule has 1 aromatic carbocycles. The monoisotopic (exact) mass is 274 g/mol. The zero-order valence-corrected chi connectivity index (χ0v) is 11.5. The van der Waals surface area contributed by atoms with Crippen molar-refractivity contribution in [3.8, 4) is 11.5 Å². The first kappa shape index (κ1) is 13.4. The van der Waals surface area contributed by atoms with Gasteiger partial charge in [-0.1, -0.05) is 0 Å². The number of hydrogen-bond donors (Lipinski definition) is 1. The zero-order chi connectivity index (χ0) is 13.8. The number of aryl methyl sites for hydroxylation is 1. The van der Waals surface area contributed by atoms with Gasteiger partial charge >= 0.3 is 0 Å². The predicted molar refractivity (Wildman–Crippen MR) is 77.1 cm³/mol. The van der Waals surface area contributed by atoms with Crippen LogP contribution in [0.15, 0.2) is 35.7 Å². The second kappa shape index (κ2) is 5.71. The summed E-state index contributed by atoms with van der Waals surface area (Å²) in [6.45, 7) is 2.00. The average Bonchev–Trinajstić information content (AvgIpc) is 2.82. The van der Waals surface area contributed by atoms with Crippen molar-refractivity contribution >= 4 is 23.2 Å². The maximum atomic E-state index is 12.0. The van der Waals surface area contributed by atoms with Crippen molar-refractivity contribution in [2.75, 3.05) is 7.11 Å². The normalized spacial score (nSPS) is 10.8. The number of rotatable bonds is 4. The third-order valence-electron chi connectivity index (χ3n) is 2.75. The SMILES string of the molecule is COc1cc(C(=O)C=Cc2sccc2C)ccc1O. The molecule has 0 saturated heterocycles. The fourth-order valence-corrected chi connectivity index (χ4v) is 2.45. The number of allylic oxidation sites excluding steroid dienone is 1. The minimum atomic E-state index is -0.119. The van der Waals surface area contributed by atoms with Gasteiger partial charge in [-0.15, -0.1) is 11.3 Å². The van der Waals surface area contributed by atoms with Gasteiger partial charge in [0.2, 0.25) is 0 Å². The van der Waals surface area contributed by atoms with E-state index in [0.29, 0.717) is 11.3 Å². The van der Waals surface area contributed by atoms with E-state index in [2.05, 4.69) is 0 Å². The topological polar surface area (TPSA) is 46.5 Å². The van der Waals surface area contributed by atoms with E-state index in [1.807, 2.05) is 24.4 Å². The van der Waals surface area contributed by atoms with Crippen LogP contribution < -0.4 is 4.74 Å². The van der Waals surface area contributed by atoms with Gasteiger partial charge in [-0.25, -0.2) is 0 Å². The van der Waals surface area contributed by atoms with Crippen LogP contribution in [0.2, 0.25) is 0 Å². The van der Waals surface area contributed by atoms with Gasteiger partial charge in [0, 0.05) is 10.4 Å². The van der Waals surface area contributed by atoms with Crippen molar-refractivity contribution in [3.05, 3.63) is 51.7 Å². The van der Waals surface area contributed by atoms with E-state index in [1.165, 1.54) is 25.3 Å². The zero-order valence-electron chi connectivity index (χ0n) is 10.7. The van der Waals surface area contributed by atoms with Crippen LogP contribution in [-0.4, -0.2) is 18.0 Å². The third kappa shape index (κ3) is 3.03. The highest BCUT2D eigenvalue weighted by Gasteiger charge is 2.07. The number of ether oxygens (including phenoxy) is 1. The minimum absolute atomic E-state index is 0.0251. The van der Waals surface area contributed by atoms with Crippen molar-refractivity contribution in [1.29, 1.82) is 0 Å². The van der Waals surface area contributed by atoms with Crippen LogP contribution in [0.25, 0.3) is 6.08 Å². The molecule has 2 rings (SSSR count). The molecule has 0 radical (unpaired) electrons. The molecule has 0 spiro atoms. The Hall–Kier alpha value is -2.07. The molecule has 1 N–H and O–H groups in total. The molecule has 0 atom stereocenters. The maximum Gasteiger partial charge on any atom is 0.186 e. The Kier molecular flexibility index (Phi) is 4.02. The summed E-state index contributed by atoms with van der Waals surface area (Å²) < 4.78 is 4.98. The van der Waals surface area contributed by atoms with E-state index in [-0.39, 0.29) is 11.5 Å². The summed E-state index contributed by atoms with van der Waals surface area (Å²) in [5.41, 5.74) is 1.64. The number of carbonyl (C=O) groups excluding carboxylic acids is 1. The van der Waals surface area contributed by atoms with Crippen LogP contribution in [0.5, 0.6) is 11.5 Å². The smallest absolute Gasteiger partial charge is 0.186 e. The maximum absolute atomic E-state index is 12.0. The Labute approximate surface area is 115 Å². The first-order valence-corrected chi connectivity index (χ1v) is 6.63. The Morgan fingerprint density at radius 3 is 2.79 bits per heavy atom. The molecule has 0 aliphatic heterocycles. The van der Waals surface area contributed by atoms with E-state index < -0.39 is 0 Å². The Morgan fingerprint density at radius 2 is 2.16 bits per heavy atom. The van der Waals surface area contributed by atoms with Crippen LogP contribution in [0.3, 0.4) is 0 Å². The van der Waals surface area contributed by atoms with E-state index >= 15 is 0 Å². The molecule has 19 heavy (non-hydrogen) atoms. The van der Waals surface area contributed by atoms with Crippen LogP contribution in [0.4, 0.5) is 0 Å². The van der Waals surface area contributed by atoms with Crippen molar-refractivity contribution in [3.63, 3.8) is 0 Å². The van der Waals surface area contributed by atoms with Crippen molar-refractivity contribution in [2.45, 2.75) is 6.92 Å². The molecule has 0 aliphatic rings. The highest BCUT2D eigenvalue weighted by atomic mass is 32.1. The summed E-state index contributed by atoms with van der Waals surface area (Å²) >= 11 is 1.59. The number of ketones is 1. The number of carbonyl (C=O) groups is 1. The van der Waals surface area contributed by atoms with Crippen molar-refractivity contribution in [2.24, 2.45) is 0 Å². The molecule has 0 fully saturated rings. The van der Waals surface area contributed by atoms with E-state index in [0.717, 1.165) is 10.4 Å². The fraction of sp³-hybridized carbons (Fsp3) is 0.133. The van der Waals surface area contributed by atoms with E-state index in [4.69, 9.17) is 4.74 Å². The Balaban J connectivity index is 2.21. The molecule has 1 aromatic heterocycles. The number of aromatic hydroxyl groups is 1. The lowest BCUT2D eigenvalue weighted by Gasteiger charge is -2.04. The summed E-state index contributed by atoms with van der Waals surface area (Å²) in [7, 11) is 1.45. The highest BCUT2D eigenvalue weighted by molar-refractivity contribution is 7.11. The van der Waals surface area contributed by atoms with Gasteiger partial charge in [-0.2, -0.15) is 0 Å². The Bertz CT molecular complexity index is 626. The summed E-state index contributed by atoms with van der Waals surface area (Å²) in [4.78, 5) is 13.1. The molecule has 0 amide bonds. The van der Waals surface area contributed by atoms with Gasteiger partial charge in [0.25, 0.3) is 0 Å². The quantitative estimate of drug-likeness (QED) is 0.683. The van der Waals surface area contributed by atoms with E-state index in [9.17, 15) is 9.90 Å². The minimum Gasteiger partial charge on any atom is -0.504 e. The van der Waals surface area contributed by atoms with Crippen molar-refractivity contribution < 1.29 is 14.6 Å². The molecular weight excluding hydrogens is 260 g/mol. The largest absolute Gasteiger partial charge is 0.504 e. The molecular formula is C15H14O3S. The van der Waals surface area contributed by atoms with Gasteiger partial charge in [0.15, 0.2) is 17.3 Å². The van der Waals surface area contributed by atoms with Crippen LogP contribution >= 0.6 is 11.3 Å². The molecule has 2 aromatic rings. The molecule has 3 nitrogen and oxygen atoms in total. The lowest BCUT2D eigenvalue weighted by Crippen LogP contribution is -1.95. The molecule has 0 bridgehead atoms. The molecule has 0 aliphatic carbocycles. The second-order valence-corrected chi connectivity index (χ2v) is 5.00. The van der Waals surface area contributed by atoms with Gasteiger partial charge in [0.05, 0.1) is 7.11 Å². The average molecular weight is 274 g/mol. The summed E-state index contributed by atoms with van der Waals surface area (Å²) in [5.74, 6) is 0.204. The van der Waals surface area contributed by atoms with Gasteiger partial charge in [-0.05, 0) is 54.3 Å². The van der Waals surface area contributed by atoms with Crippen LogP contribution in [-0.2, 0) is 0 Å². The molecule has 0 unspecified atom stereocenters. The van der Waals surface area contributed by atoms with Gasteiger partial charge in [0.1, 0.15) is 0 Å². The molecule has 0 saturated carbocycles. The van der Waals surface area contributed by atoms with E-state index in [1.54, 1.807) is 17.4 Å². The number of methoxy groups -OCH3 is 1. The summed E-state index contributed by atoms with van der Waals surface area (Å²) in [6, 6.07) is 6.57. The fourth-order valence-electron chi connectivity index (χ4n) is 1.63. The lowest BCUT2D eigenvalue weighted by atomic mass is 10.1. The first-order valence-electron chi connectivity index (χ1n) is 5.75. The molecule has 1 heterocycles. The van der Waals surface area contributed by atoms with Crippen molar-refractivity contribution in [1.82, 2.24) is 0 Å². The van der Waals surface area contributed by atoms with Crippen LogP contribution in [0, 0.1) is 6.92 Å². The highest BCUT2D eigenvalue weighted by Crippen LogP contribution is 2.26. The Morgan fingerprint density at radius 1 is 1.37 bits per heavy atom. The molecule has 98 valence electrons. The number of phenols is 1. The number of phenolic OH excluding ortho intramolecular Hbond substituents is 1. The van der Waals surface area contributed by atoms with Crippen LogP contribution in [0.1, 0.15) is 20.8 Å². The third-order valence-corrected chi connectivity index (χ3v) is 3.74. The lowest BCUT2D eigenvalue weighted by molar-refractivity contribution is 0.104. The van der Waals surface area contributed by atoms with Gasteiger partial charge < -0.3 is 9.84 Å². The number of thiophene rings is 1.